The van der Waals surface area contributed by atoms with Gasteiger partial charge in [0.15, 0.2) is 0 Å². The summed E-state index contributed by atoms with van der Waals surface area (Å²) in [4.78, 5) is 37.3. The van der Waals surface area contributed by atoms with E-state index in [1.165, 1.54) is 43.9 Å². The fourth-order valence-corrected chi connectivity index (χ4v) is 6.09. The number of benzene rings is 1. The monoisotopic (exact) mass is 415 g/mol. The maximum atomic E-state index is 13.0. The fourth-order valence-electron chi connectivity index (χ4n) is 4.95. The summed E-state index contributed by atoms with van der Waals surface area (Å²) in [5.41, 5.74) is -0.332. The number of imide groups is 1. The molecule has 1 heterocycles. The Balaban J connectivity index is 1.39. The fraction of sp³-hybridized carbons (Fsp3) is 0.591. The van der Waals surface area contributed by atoms with Gasteiger partial charge in [-0.15, -0.1) is 11.8 Å². The molecule has 0 unspecified atom stereocenters. The van der Waals surface area contributed by atoms with Gasteiger partial charge in [0, 0.05) is 16.7 Å². The van der Waals surface area contributed by atoms with Crippen molar-refractivity contribution >= 4 is 29.6 Å². The van der Waals surface area contributed by atoms with Crippen LogP contribution in [0.1, 0.15) is 62.2 Å². The third-order valence-electron chi connectivity index (χ3n) is 6.64. The number of urea groups is 1. The molecule has 7 heteroatoms. The molecule has 1 saturated heterocycles. The van der Waals surface area contributed by atoms with Gasteiger partial charge in [-0.3, -0.25) is 14.9 Å². The molecule has 2 aliphatic carbocycles. The lowest BCUT2D eigenvalue weighted by Gasteiger charge is -2.39. The smallest absolute Gasteiger partial charge is 0.322 e. The Hall–Kier alpha value is -2.02. The van der Waals surface area contributed by atoms with Crippen molar-refractivity contribution in [2.75, 3.05) is 5.75 Å². The molecule has 0 spiro atoms. The van der Waals surface area contributed by atoms with E-state index < -0.39 is 11.6 Å². The van der Waals surface area contributed by atoms with Crippen LogP contribution in [0.15, 0.2) is 29.2 Å². The van der Waals surface area contributed by atoms with Crippen molar-refractivity contribution in [1.82, 2.24) is 16.0 Å². The quantitative estimate of drug-likeness (QED) is 0.508. The third-order valence-corrected chi connectivity index (χ3v) is 8.03. The molecule has 2 saturated carbocycles. The van der Waals surface area contributed by atoms with E-state index in [-0.39, 0.29) is 17.9 Å². The van der Waals surface area contributed by atoms with E-state index in [2.05, 4.69) is 16.0 Å². The molecule has 0 radical (unpaired) electrons. The summed E-state index contributed by atoms with van der Waals surface area (Å²) in [6, 6.07) is 7.26. The molecule has 0 aromatic heterocycles. The second kappa shape index (κ2) is 8.38. The van der Waals surface area contributed by atoms with Crippen LogP contribution in [0.5, 0.6) is 0 Å². The number of rotatable bonds is 5. The zero-order valence-electron chi connectivity index (χ0n) is 16.8. The molecule has 6 nitrogen and oxygen atoms in total. The number of fused-ring (bicyclic) bond motifs is 1. The topological polar surface area (TPSA) is 87.3 Å². The molecule has 0 bridgehead atoms. The van der Waals surface area contributed by atoms with Gasteiger partial charge in [0.2, 0.25) is 0 Å². The number of hydrogen-bond acceptors (Lipinski definition) is 4. The van der Waals surface area contributed by atoms with E-state index in [4.69, 9.17) is 0 Å². The Labute approximate surface area is 176 Å². The van der Waals surface area contributed by atoms with Crippen molar-refractivity contribution in [2.24, 2.45) is 11.8 Å². The largest absolute Gasteiger partial charge is 0.349 e. The maximum absolute atomic E-state index is 13.0. The van der Waals surface area contributed by atoms with Crippen molar-refractivity contribution in [3.05, 3.63) is 29.8 Å². The molecule has 4 rings (SSSR count). The predicted molar refractivity (Wildman–Crippen MR) is 113 cm³/mol. The molecular weight excluding hydrogens is 386 g/mol. The summed E-state index contributed by atoms with van der Waals surface area (Å²) in [7, 11) is 0. The normalized spacial score (nSPS) is 31.6. The van der Waals surface area contributed by atoms with Crippen LogP contribution in [0.3, 0.4) is 0 Å². The number of carbonyl (C=O) groups excluding carboxylic acids is 3. The van der Waals surface area contributed by atoms with Crippen LogP contribution in [0, 0.1) is 11.8 Å². The molecule has 4 atom stereocenters. The van der Waals surface area contributed by atoms with Gasteiger partial charge in [-0.2, -0.15) is 0 Å². The Morgan fingerprint density at radius 2 is 1.90 bits per heavy atom. The predicted octanol–water partition coefficient (Wildman–Crippen LogP) is 3.47. The Morgan fingerprint density at radius 1 is 1.14 bits per heavy atom. The lowest BCUT2D eigenvalue weighted by atomic mass is 9.69. The average Bonchev–Trinajstić information content (AvgIpc) is 2.98. The minimum Gasteiger partial charge on any atom is -0.349 e. The zero-order chi connectivity index (χ0) is 20.4. The third kappa shape index (κ3) is 4.44. The van der Waals surface area contributed by atoms with Gasteiger partial charge >= 0.3 is 6.03 Å². The molecular formula is C22H29N3O3S. The molecule has 1 aliphatic heterocycles. The van der Waals surface area contributed by atoms with Crippen LogP contribution >= 0.6 is 11.8 Å². The molecule has 3 fully saturated rings. The highest BCUT2D eigenvalue weighted by Crippen LogP contribution is 2.40. The number of thioether (sulfide) groups is 1. The summed E-state index contributed by atoms with van der Waals surface area (Å²) in [5.74, 6) is 1.60. The second-order valence-corrected chi connectivity index (χ2v) is 9.83. The highest BCUT2D eigenvalue weighted by Gasteiger charge is 2.42. The van der Waals surface area contributed by atoms with Gasteiger partial charge in [0.1, 0.15) is 5.54 Å². The van der Waals surface area contributed by atoms with E-state index in [1.54, 1.807) is 6.92 Å². The average molecular weight is 416 g/mol. The Bertz CT molecular complexity index is 814. The number of nitrogens with one attached hydrogen (secondary N) is 3. The van der Waals surface area contributed by atoms with Gasteiger partial charge in [0.25, 0.3) is 11.8 Å². The van der Waals surface area contributed by atoms with Gasteiger partial charge in [-0.05, 0) is 50.2 Å². The van der Waals surface area contributed by atoms with E-state index in [0.717, 1.165) is 29.6 Å². The molecule has 1 aromatic rings. The van der Waals surface area contributed by atoms with Gasteiger partial charge < -0.3 is 10.6 Å². The van der Waals surface area contributed by atoms with Crippen LogP contribution in [0.25, 0.3) is 0 Å². The van der Waals surface area contributed by atoms with Crippen molar-refractivity contribution in [3.8, 4) is 0 Å². The van der Waals surface area contributed by atoms with Gasteiger partial charge in [-0.1, -0.05) is 37.8 Å². The standard InChI is InChI=1S/C22H29N3O3S/c1-22(20(27)24-21(28)25-22)13-29-18-9-5-4-8-17(18)19(26)23-16-11-10-14-6-2-3-7-15(14)12-16/h4-5,8-9,14-16H,2-3,6-7,10-13H2,1H3,(H,23,26)(H2,24,25,27,28)/t14-,15-,16-,22-/m1/s1. The highest BCUT2D eigenvalue weighted by atomic mass is 32.2. The lowest BCUT2D eigenvalue weighted by molar-refractivity contribution is -0.122. The van der Waals surface area contributed by atoms with E-state index in [1.807, 2.05) is 24.3 Å². The summed E-state index contributed by atoms with van der Waals surface area (Å²) in [6.45, 7) is 1.70. The zero-order valence-corrected chi connectivity index (χ0v) is 17.6. The summed E-state index contributed by atoms with van der Waals surface area (Å²) < 4.78 is 0. The number of amides is 4. The van der Waals surface area contributed by atoms with Gasteiger partial charge in [-0.25, -0.2) is 4.79 Å². The van der Waals surface area contributed by atoms with Crippen molar-refractivity contribution < 1.29 is 14.4 Å². The van der Waals surface area contributed by atoms with Gasteiger partial charge in [0.05, 0.1) is 5.56 Å². The number of carbonyl (C=O) groups is 3. The molecule has 1 aromatic carbocycles. The van der Waals surface area contributed by atoms with Crippen LogP contribution in [0.4, 0.5) is 4.79 Å². The van der Waals surface area contributed by atoms with E-state index in [0.29, 0.717) is 11.3 Å². The minimum absolute atomic E-state index is 0.0441. The van der Waals surface area contributed by atoms with Crippen LogP contribution in [-0.2, 0) is 4.79 Å². The van der Waals surface area contributed by atoms with Crippen molar-refractivity contribution in [1.29, 1.82) is 0 Å². The first kappa shape index (κ1) is 20.3. The summed E-state index contributed by atoms with van der Waals surface area (Å²) >= 11 is 1.42. The molecule has 3 N–H and O–H groups in total. The first-order chi connectivity index (χ1) is 13.9. The van der Waals surface area contributed by atoms with Crippen molar-refractivity contribution in [3.63, 3.8) is 0 Å². The van der Waals surface area contributed by atoms with Crippen LogP contribution in [-0.4, -0.2) is 35.2 Å². The lowest BCUT2D eigenvalue weighted by Crippen LogP contribution is -2.46. The Kier molecular flexibility index (Phi) is 5.86. The number of hydrogen-bond donors (Lipinski definition) is 3. The maximum Gasteiger partial charge on any atom is 0.322 e. The first-order valence-corrected chi connectivity index (χ1v) is 11.6. The minimum atomic E-state index is -0.968. The highest BCUT2D eigenvalue weighted by molar-refractivity contribution is 7.99. The van der Waals surface area contributed by atoms with E-state index in [9.17, 15) is 14.4 Å². The van der Waals surface area contributed by atoms with E-state index >= 15 is 0 Å². The molecule has 3 aliphatic rings. The second-order valence-electron chi connectivity index (χ2n) is 8.81. The first-order valence-electron chi connectivity index (χ1n) is 10.6. The van der Waals surface area contributed by atoms with Crippen molar-refractivity contribution in [2.45, 2.75) is 68.3 Å². The molecule has 29 heavy (non-hydrogen) atoms. The molecule has 4 amide bonds. The summed E-state index contributed by atoms with van der Waals surface area (Å²) in [6.07, 6.45) is 8.72. The Morgan fingerprint density at radius 3 is 2.66 bits per heavy atom. The summed E-state index contributed by atoms with van der Waals surface area (Å²) in [5, 5.41) is 8.21. The van der Waals surface area contributed by atoms with Crippen LogP contribution in [0.2, 0.25) is 0 Å². The van der Waals surface area contributed by atoms with Crippen LogP contribution < -0.4 is 16.0 Å². The molecule has 156 valence electrons. The SMILES string of the molecule is C[C@]1(CSc2ccccc2C(=O)N[C@@H]2CC[C@H]3CCCC[C@@H]3C2)NC(=O)NC1=O.